The predicted octanol–water partition coefficient (Wildman–Crippen LogP) is 3.39. The van der Waals surface area contributed by atoms with E-state index in [-0.39, 0.29) is 0 Å². The molecule has 2 nitrogen and oxygen atoms in total. The standard InChI is InChI=1S/C15H18N2/c1-3-15-10-14(6-8-17-15)12(2)9-13-5-4-7-16-11-13/h4-8,10-12H,3,9H2,1-2H3. The van der Waals surface area contributed by atoms with Crippen LogP contribution in [0.25, 0.3) is 0 Å². The number of aromatic nitrogens is 2. The minimum atomic E-state index is 0.507. The van der Waals surface area contributed by atoms with E-state index < -0.39 is 0 Å². The van der Waals surface area contributed by atoms with Crippen LogP contribution in [0.3, 0.4) is 0 Å². The normalized spacial score (nSPS) is 12.4. The average Bonchev–Trinajstić information content (AvgIpc) is 2.40. The van der Waals surface area contributed by atoms with Gasteiger partial charge in [-0.15, -0.1) is 0 Å². The first-order valence-electron chi connectivity index (χ1n) is 6.13. The van der Waals surface area contributed by atoms with Gasteiger partial charge in [-0.05, 0) is 48.1 Å². The topological polar surface area (TPSA) is 25.8 Å². The molecule has 1 atom stereocenters. The van der Waals surface area contributed by atoms with Gasteiger partial charge in [-0.2, -0.15) is 0 Å². The molecule has 2 heteroatoms. The molecule has 0 saturated carbocycles. The van der Waals surface area contributed by atoms with Crippen LogP contribution in [0.2, 0.25) is 0 Å². The van der Waals surface area contributed by atoms with Crippen LogP contribution in [-0.4, -0.2) is 9.97 Å². The van der Waals surface area contributed by atoms with Gasteiger partial charge in [-0.1, -0.05) is 19.9 Å². The lowest BCUT2D eigenvalue weighted by Crippen LogP contribution is -2.00. The lowest BCUT2D eigenvalue weighted by atomic mass is 9.94. The van der Waals surface area contributed by atoms with Gasteiger partial charge in [-0.3, -0.25) is 9.97 Å². The Morgan fingerprint density at radius 3 is 2.82 bits per heavy atom. The molecule has 2 rings (SSSR count). The summed E-state index contributed by atoms with van der Waals surface area (Å²) in [5, 5.41) is 0. The van der Waals surface area contributed by atoms with Crippen LogP contribution in [0.4, 0.5) is 0 Å². The molecule has 88 valence electrons. The van der Waals surface area contributed by atoms with E-state index in [9.17, 15) is 0 Å². The second kappa shape index (κ2) is 5.58. The van der Waals surface area contributed by atoms with E-state index in [1.807, 2.05) is 24.7 Å². The van der Waals surface area contributed by atoms with Crippen molar-refractivity contribution in [3.05, 3.63) is 59.7 Å². The summed E-state index contributed by atoms with van der Waals surface area (Å²) < 4.78 is 0. The Bertz CT molecular complexity index is 465. The summed E-state index contributed by atoms with van der Waals surface area (Å²) in [5.41, 5.74) is 3.82. The molecule has 0 aromatic carbocycles. The molecule has 0 saturated heterocycles. The first kappa shape index (κ1) is 11.8. The summed E-state index contributed by atoms with van der Waals surface area (Å²) in [6.45, 7) is 4.39. The number of aryl methyl sites for hydroxylation is 1. The minimum absolute atomic E-state index is 0.507. The van der Waals surface area contributed by atoms with Crippen molar-refractivity contribution in [3.63, 3.8) is 0 Å². The van der Waals surface area contributed by atoms with E-state index in [2.05, 4.69) is 42.0 Å². The molecule has 0 aliphatic carbocycles. The number of pyridine rings is 2. The van der Waals surface area contributed by atoms with Crippen LogP contribution in [0, 0.1) is 0 Å². The van der Waals surface area contributed by atoms with Gasteiger partial charge >= 0.3 is 0 Å². The maximum absolute atomic E-state index is 4.33. The second-order valence-corrected chi connectivity index (χ2v) is 4.40. The Morgan fingerprint density at radius 2 is 2.12 bits per heavy atom. The van der Waals surface area contributed by atoms with Crippen molar-refractivity contribution >= 4 is 0 Å². The Kier molecular flexibility index (Phi) is 3.86. The highest BCUT2D eigenvalue weighted by atomic mass is 14.7. The lowest BCUT2D eigenvalue weighted by molar-refractivity contribution is 0.751. The Hall–Kier alpha value is -1.70. The van der Waals surface area contributed by atoms with Crippen LogP contribution in [-0.2, 0) is 12.8 Å². The Balaban J connectivity index is 2.11. The van der Waals surface area contributed by atoms with E-state index in [1.54, 1.807) is 0 Å². The van der Waals surface area contributed by atoms with Crippen LogP contribution in [0.5, 0.6) is 0 Å². The lowest BCUT2D eigenvalue weighted by Gasteiger charge is -2.12. The molecule has 2 aromatic heterocycles. The zero-order valence-corrected chi connectivity index (χ0v) is 10.4. The van der Waals surface area contributed by atoms with Crippen LogP contribution >= 0.6 is 0 Å². The van der Waals surface area contributed by atoms with E-state index in [4.69, 9.17) is 0 Å². The number of rotatable bonds is 4. The van der Waals surface area contributed by atoms with Gasteiger partial charge in [0.2, 0.25) is 0 Å². The molecule has 0 amide bonds. The maximum atomic E-state index is 4.33. The fraction of sp³-hybridized carbons (Fsp3) is 0.333. The molecule has 0 bridgehead atoms. The molecular weight excluding hydrogens is 208 g/mol. The van der Waals surface area contributed by atoms with Crippen molar-refractivity contribution in [1.82, 2.24) is 9.97 Å². The molecule has 0 spiro atoms. The summed E-state index contributed by atoms with van der Waals surface area (Å²) in [4.78, 5) is 8.49. The molecular formula is C15H18N2. The highest BCUT2D eigenvalue weighted by molar-refractivity contribution is 5.23. The van der Waals surface area contributed by atoms with Crippen LogP contribution < -0.4 is 0 Å². The highest BCUT2D eigenvalue weighted by Crippen LogP contribution is 2.20. The third-order valence-corrected chi connectivity index (χ3v) is 3.04. The molecule has 0 aliphatic rings. The van der Waals surface area contributed by atoms with E-state index in [1.165, 1.54) is 16.8 Å². The summed E-state index contributed by atoms with van der Waals surface area (Å²) in [7, 11) is 0. The largest absolute Gasteiger partial charge is 0.264 e. The SMILES string of the molecule is CCc1cc(C(C)Cc2cccnc2)ccn1. The Labute approximate surface area is 103 Å². The molecule has 0 fully saturated rings. The zero-order valence-electron chi connectivity index (χ0n) is 10.4. The van der Waals surface area contributed by atoms with Crippen molar-refractivity contribution in [3.8, 4) is 0 Å². The third-order valence-electron chi connectivity index (χ3n) is 3.04. The smallest absolute Gasteiger partial charge is 0.0403 e. The summed E-state index contributed by atoms with van der Waals surface area (Å²) in [6, 6.07) is 8.44. The van der Waals surface area contributed by atoms with Crippen molar-refractivity contribution < 1.29 is 0 Å². The molecule has 1 unspecified atom stereocenters. The second-order valence-electron chi connectivity index (χ2n) is 4.40. The third kappa shape index (κ3) is 3.13. The summed E-state index contributed by atoms with van der Waals surface area (Å²) in [6.07, 6.45) is 7.69. The van der Waals surface area contributed by atoms with Gasteiger partial charge in [0.15, 0.2) is 0 Å². The van der Waals surface area contributed by atoms with Gasteiger partial charge in [-0.25, -0.2) is 0 Å². The molecule has 17 heavy (non-hydrogen) atoms. The van der Waals surface area contributed by atoms with Gasteiger partial charge in [0.25, 0.3) is 0 Å². The average molecular weight is 226 g/mol. The van der Waals surface area contributed by atoms with E-state index in [0.717, 1.165) is 12.8 Å². The summed E-state index contributed by atoms with van der Waals surface area (Å²) in [5.74, 6) is 0.507. The monoisotopic (exact) mass is 226 g/mol. The predicted molar refractivity (Wildman–Crippen MR) is 70.0 cm³/mol. The number of hydrogen-bond acceptors (Lipinski definition) is 2. The van der Waals surface area contributed by atoms with Crippen LogP contribution in [0.15, 0.2) is 42.9 Å². The fourth-order valence-electron chi connectivity index (χ4n) is 1.99. The molecule has 0 N–H and O–H groups in total. The zero-order chi connectivity index (χ0) is 12.1. The van der Waals surface area contributed by atoms with Crippen molar-refractivity contribution in [1.29, 1.82) is 0 Å². The van der Waals surface area contributed by atoms with Gasteiger partial charge < -0.3 is 0 Å². The Morgan fingerprint density at radius 1 is 1.24 bits per heavy atom. The number of nitrogens with zero attached hydrogens (tertiary/aromatic N) is 2. The van der Waals surface area contributed by atoms with Crippen molar-refractivity contribution in [2.75, 3.05) is 0 Å². The van der Waals surface area contributed by atoms with Crippen LogP contribution in [0.1, 0.15) is 36.6 Å². The van der Waals surface area contributed by atoms with Gasteiger partial charge in [0, 0.05) is 24.3 Å². The molecule has 2 heterocycles. The van der Waals surface area contributed by atoms with Gasteiger partial charge in [0.1, 0.15) is 0 Å². The van der Waals surface area contributed by atoms with E-state index in [0.29, 0.717) is 5.92 Å². The highest BCUT2D eigenvalue weighted by Gasteiger charge is 2.07. The van der Waals surface area contributed by atoms with Gasteiger partial charge in [0.05, 0.1) is 0 Å². The minimum Gasteiger partial charge on any atom is -0.264 e. The molecule has 0 aliphatic heterocycles. The first-order chi connectivity index (χ1) is 8.29. The fourth-order valence-corrected chi connectivity index (χ4v) is 1.99. The molecule has 0 radical (unpaired) electrons. The number of hydrogen-bond donors (Lipinski definition) is 0. The first-order valence-corrected chi connectivity index (χ1v) is 6.13. The molecule has 2 aromatic rings. The maximum Gasteiger partial charge on any atom is 0.0403 e. The van der Waals surface area contributed by atoms with Crippen molar-refractivity contribution in [2.45, 2.75) is 32.6 Å². The van der Waals surface area contributed by atoms with Crippen molar-refractivity contribution in [2.24, 2.45) is 0 Å². The summed E-state index contributed by atoms with van der Waals surface area (Å²) >= 11 is 0. The van der Waals surface area contributed by atoms with E-state index >= 15 is 0 Å². The quantitative estimate of drug-likeness (QED) is 0.798.